The number of fused-ring (bicyclic) bond motifs is 2. The third-order valence-electron chi connectivity index (χ3n) is 3.83. The van der Waals surface area contributed by atoms with Crippen LogP contribution in [-0.4, -0.2) is 29.9 Å². The van der Waals surface area contributed by atoms with Crippen LogP contribution in [-0.2, 0) is 4.74 Å². The van der Waals surface area contributed by atoms with Crippen LogP contribution in [0.25, 0.3) is 21.8 Å². The first-order chi connectivity index (χ1) is 12.2. The zero-order valence-corrected chi connectivity index (χ0v) is 15.5. The van der Waals surface area contributed by atoms with Gasteiger partial charge in [-0.3, -0.25) is 0 Å². The van der Waals surface area contributed by atoms with Gasteiger partial charge in [-0.1, -0.05) is 25.1 Å². The highest BCUT2D eigenvalue weighted by molar-refractivity contribution is 7.99. The first-order valence-electron chi connectivity index (χ1n) is 8.49. The van der Waals surface area contributed by atoms with Gasteiger partial charge >= 0.3 is 5.97 Å². The van der Waals surface area contributed by atoms with Crippen LogP contribution in [0.4, 0.5) is 0 Å². The fourth-order valence-electron chi connectivity index (χ4n) is 2.88. The van der Waals surface area contributed by atoms with Crippen molar-refractivity contribution >= 4 is 39.5 Å². The van der Waals surface area contributed by atoms with Crippen molar-refractivity contribution < 1.29 is 14.3 Å². The molecule has 0 bridgehead atoms. The van der Waals surface area contributed by atoms with Gasteiger partial charge in [0.1, 0.15) is 11.3 Å². The molecular weight excluding hydrogens is 334 g/mol. The summed E-state index contributed by atoms with van der Waals surface area (Å²) in [7, 11) is 0. The Morgan fingerprint density at radius 1 is 1.08 bits per heavy atom. The summed E-state index contributed by atoms with van der Waals surface area (Å²) in [6.45, 7) is 6.73. The number of hydrogen-bond acceptors (Lipinski definition) is 5. The van der Waals surface area contributed by atoms with E-state index in [1.54, 1.807) is 23.9 Å². The predicted molar refractivity (Wildman–Crippen MR) is 103 cm³/mol. The minimum Gasteiger partial charge on any atom is -0.492 e. The summed E-state index contributed by atoms with van der Waals surface area (Å²) < 4.78 is 11.0. The molecule has 0 unspecified atom stereocenters. The highest BCUT2D eigenvalue weighted by Gasteiger charge is 2.20. The summed E-state index contributed by atoms with van der Waals surface area (Å²) in [5.41, 5.74) is 2.14. The maximum absolute atomic E-state index is 12.5. The van der Waals surface area contributed by atoms with Gasteiger partial charge in [-0.2, -0.15) is 0 Å². The summed E-state index contributed by atoms with van der Waals surface area (Å²) >= 11 is 1.71. The van der Waals surface area contributed by atoms with Crippen molar-refractivity contribution in [1.29, 1.82) is 0 Å². The van der Waals surface area contributed by atoms with E-state index in [2.05, 4.69) is 6.92 Å². The highest BCUT2D eigenvalue weighted by Crippen LogP contribution is 2.39. The Balaban J connectivity index is 2.43. The average Bonchev–Trinajstić information content (AvgIpc) is 2.62. The standard InChI is InChI=1S/C20H21NO3S/c1-4-23-16-12-11-14(20(22)24-5-2)17-18(16)21-15-10-8-7-9-13(15)19(17)25-6-3/h7-12H,4-6H2,1-3H3. The summed E-state index contributed by atoms with van der Waals surface area (Å²) in [5, 5.41) is 1.86. The highest BCUT2D eigenvalue weighted by atomic mass is 32.2. The summed E-state index contributed by atoms with van der Waals surface area (Å²) in [6.07, 6.45) is 0. The van der Waals surface area contributed by atoms with E-state index in [-0.39, 0.29) is 5.97 Å². The van der Waals surface area contributed by atoms with E-state index < -0.39 is 0 Å². The topological polar surface area (TPSA) is 48.4 Å². The number of pyridine rings is 1. The van der Waals surface area contributed by atoms with Gasteiger partial charge in [0.15, 0.2) is 0 Å². The van der Waals surface area contributed by atoms with Crippen molar-refractivity contribution in [1.82, 2.24) is 4.98 Å². The second-order valence-electron chi connectivity index (χ2n) is 5.38. The van der Waals surface area contributed by atoms with Gasteiger partial charge in [0.2, 0.25) is 0 Å². The number of carbonyl (C=O) groups excluding carboxylic acids is 1. The van der Waals surface area contributed by atoms with Gasteiger partial charge in [0, 0.05) is 15.7 Å². The van der Waals surface area contributed by atoms with E-state index in [4.69, 9.17) is 14.5 Å². The Labute approximate surface area is 151 Å². The van der Waals surface area contributed by atoms with Crippen molar-refractivity contribution in [2.75, 3.05) is 19.0 Å². The molecule has 0 aliphatic heterocycles. The Morgan fingerprint density at radius 3 is 2.60 bits per heavy atom. The van der Waals surface area contributed by atoms with Gasteiger partial charge in [0.25, 0.3) is 0 Å². The Hall–Kier alpha value is -2.27. The molecule has 1 heterocycles. The number of benzene rings is 2. The first kappa shape index (κ1) is 17.5. The lowest BCUT2D eigenvalue weighted by molar-refractivity contribution is 0.0528. The molecule has 4 nitrogen and oxygen atoms in total. The molecule has 0 fully saturated rings. The third kappa shape index (κ3) is 3.29. The number of aromatic nitrogens is 1. The number of ether oxygens (including phenoxy) is 2. The van der Waals surface area contributed by atoms with Crippen molar-refractivity contribution in [3.63, 3.8) is 0 Å². The van der Waals surface area contributed by atoms with E-state index in [0.717, 1.165) is 26.9 Å². The van der Waals surface area contributed by atoms with E-state index in [0.29, 0.717) is 30.0 Å². The molecule has 2 aromatic carbocycles. The smallest absolute Gasteiger partial charge is 0.338 e. The van der Waals surface area contributed by atoms with Gasteiger partial charge in [0.05, 0.1) is 24.3 Å². The molecule has 3 aromatic rings. The molecule has 0 aliphatic rings. The molecule has 3 rings (SSSR count). The average molecular weight is 355 g/mol. The molecule has 25 heavy (non-hydrogen) atoms. The summed E-state index contributed by atoms with van der Waals surface area (Å²) in [5.74, 6) is 1.25. The van der Waals surface area contributed by atoms with Crippen molar-refractivity contribution in [2.24, 2.45) is 0 Å². The van der Waals surface area contributed by atoms with Crippen LogP contribution in [0.15, 0.2) is 41.3 Å². The summed E-state index contributed by atoms with van der Waals surface area (Å²) in [6, 6.07) is 11.6. The first-order valence-corrected chi connectivity index (χ1v) is 9.47. The molecule has 0 amide bonds. The molecule has 5 heteroatoms. The number of esters is 1. The maximum Gasteiger partial charge on any atom is 0.338 e. The number of nitrogens with zero attached hydrogens (tertiary/aromatic N) is 1. The van der Waals surface area contributed by atoms with Gasteiger partial charge in [-0.05, 0) is 37.8 Å². The maximum atomic E-state index is 12.5. The second kappa shape index (κ2) is 7.74. The molecule has 0 spiro atoms. The predicted octanol–water partition coefficient (Wildman–Crippen LogP) is 5.08. The third-order valence-corrected chi connectivity index (χ3v) is 4.83. The molecule has 0 N–H and O–H groups in total. The van der Waals surface area contributed by atoms with Gasteiger partial charge in [-0.15, -0.1) is 11.8 Å². The fourth-order valence-corrected chi connectivity index (χ4v) is 3.84. The molecule has 130 valence electrons. The van der Waals surface area contributed by atoms with Crippen LogP contribution in [0.2, 0.25) is 0 Å². The molecule has 0 atom stereocenters. The fraction of sp³-hybridized carbons (Fsp3) is 0.300. The van der Waals surface area contributed by atoms with Crippen molar-refractivity contribution in [3.05, 3.63) is 42.0 Å². The Morgan fingerprint density at radius 2 is 1.88 bits per heavy atom. The number of hydrogen-bond donors (Lipinski definition) is 0. The van der Waals surface area contributed by atoms with Crippen LogP contribution in [0.3, 0.4) is 0 Å². The van der Waals surface area contributed by atoms with E-state index in [9.17, 15) is 4.79 Å². The Kier molecular flexibility index (Phi) is 5.43. The molecule has 0 radical (unpaired) electrons. The van der Waals surface area contributed by atoms with E-state index in [1.807, 2.05) is 38.1 Å². The quantitative estimate of drug-likeness (QED) is 0.351. The molecule has 0 saturated carbocycles. The van der Waals surface area contributed by atoms with Crippen LogP contribution < -0.4 is 4.74 Å². The number of carbonyl (C=O) groups is 1. The second-order valence-corrected chi connectivity index (χ2v) is 6.65. The lowest BCUT2D eigenvalue weighted by atomic mass is 10.0. The van der Waals surface area contributed by atoms with Crippen molar-refractivity contribution in [2.45, 2.75) is 25.7 Å². The van der Waals surface area contributed by atoms with Gasteiger partial charge in [-0.25, -0.2) is 9.78 Å². The van der Waals surface area contributed by atoms with E-state index in [1.165, 1.54) is 0 Å². The zero-order chi connectivity index (χ0) is 17.8. The lowest BCUT2D eigenvalue weighted by Gasteiger charge is -2.15. The lowest BCUT2D eigenvalue weighted by Crippen LogP contribution is -2.07. The van der Waals surface area contributed by atoms with Crippen LogP contribution in [0.1, 0.15) is 31.1 Å². The van der Waals surface area contributed by atoms with Crippen LogP contribution in [0.5, 0.6) is 5.75 Å². The van der Waals surface area contributed by atoms with Crippen molar-refractivity contribution in [3.8, 4) is 5.75 Å². The number of para-hydroxylation sites is 1. The normalized spacial score (nSPS) is 11.0. The van der Waals surface area contributed by atoms with Gasteiger partial charge < -0.3 is 9.47 Å². The molecule has 1 aromatic heterocycles. The van der Waals surface area contributed by atoms with E-state index >= 15 is 0 Å². The minimum absolute atomic E-state index is 0.328. The largest absolute Gasteiger partial charge is 0.492 e. The Bertz CT molecular complexity index is 924. The number of rotatable bonds is 6. The summed E-state index contributed by atoms with van der Waals surface area (Å²) in [4.78, 5) is 18.4. The molecular formula is C20H21NO3S. The molecule has 0 aliphatic carbocycles. The zero-order valence-electron chi connectivity index (χ0n) is 14.7. The van der Waals surface area contributed by atoms with Crippen LogP contribution >= 0.6 is 11.8 Å². The minimum atomic E-state index is -0.328. The molecule has 0 saturated heterocycles. The monoisotopic (exact) mass is 355 g/mol. The number of thioether (sulfide) groups is 1. The van der Waals surface area contributed by atoms with Crippen LogP contribution in [0, 0.1) is 0 Å². The SMILES string of the molecule is CCOC(=O)c1ccc(OCC)c2nc3ccccc3c(SCC)c12.